The monoisotopic (exact) mass is 471 g/mol. The predicted octanol–water partition coefficient (Wildman–Crippen LogP) is 3.81. The first-order chi connectivity index (χ1) is 11.2. The molecule has 3 rings (SSSR count). The molecule has 2 N–H and O–H groups in total. The number of carbonyl (C=O) groups excluding carboxylic acids is 1. The molecule has 2 aromatic rings. The van der Waals surface area contributed by atoms with Gasteiger partial charge in [0.1, 0.15) is 5.75 Å². The molecule has 1 aliphatic heterocycles. The SMILES string of the molecule is CS(=O)(=O)c1ccc2c(c1)C(=Cc1cc(Br)c(O)c(Br)c1)C(=O)N2. The second-order valence-corrected chi connectivity index (χ2v) is 9.05. The number of hydrogen-bond donors (Lipinski definition) is 2. The number of nitrogens with one attached hydrogen (secondary N) is 1. The smallest absolute Gasteiger partial charge is 0.256 e. The van der Waals surface area contributed by atoms with Gasteiger partial charge >= 0.3 is 0 Å². The molecular formula is C16H11Br2NO4S. The fourth-order valence-electron chi connectivity index (χ4n) is 2.38. The summed E-state index contributed by atoms with van der Waals surface area (Å²) < 4.78 is 24.4. The second-order valence-electron chi connectivity index (χ2n) is 5.32. The van der Waals surface area contributed by atoms with Crippen molar-refractivity contribution in [1.82, 2.24) is 0 Å². The third-order valence-electron chi connectivity index (χ3n) is 3.55. The van der Waals surface area contributed by atoms with Crippen LogP contribution in [0, 0.1) is 0 Å². The van der Waals surface area contributed by atoms with Gasteiger partial charge in [-0.05, 0) is 73.8 Å². The lowest BCUT2D eigenvalue weighted by molar-refractivity contribution is -0.110. The summed E-state index contributed by atoms with van der Waals surface area (Å²) >= 11 is 6.48. The molecule has 0 aliphatic carbocycles. The molecule has 0 spiro atoms. The van der Waals surface area contributed by atoms with E-state index in [1.54, 1.807) is 24.3 Å². The Morgan fingerprint density at radius 1 is 1.12 bits per heavy atom. The van der Waals surface area contributed by atoms with E-state index in [9.17, 15) is 18.3 Å². The highest BCUT2D eigenvalue weighted by Crippen LogP contribution is 2.37. The summed E-state index contributed by atoms with van der Waals surface area (Å²) in [7, 11) is -3.37. The van der Waals surface area contributed by atoms with Crippen molar-refractivity contribution in [3.63, 3.8) is 0 Å². The lowest BCUT2D eigenvalue weighted by Crippen LogP contribution is -2.03. The minimum atomic E-state index is -3.37. The Morgan fingerprint density at radius 2 is 1.75 bits per heavy atom. The van der Waals surface area contributed by atoms with Crippen LogP contribution in [0.2, 0.25) is 0 Å². The molecule has 0 saturated heterocycles. The first kappa shape index (κ1) is 17.2. The summed E-state index contributed by atoms with van der Waals surface area (Å²) in [5, 5.41) is 12.5. The number of amides is 1. The lowest BCUT2D eigenvalue weighted by Gasteiger charge is -2.05. The van der Waals surface area contributed by atoms with E-state index < -0.39 is 9.84 Å². The van der Waals surface area contributed by atoms with Gasteiger partial charge in [0.2, 0.25) is 0 Å². The zero-order valence-corrected chi connectivity index (χ0v) is 16.3. The van der Waals surface area contributed by atoms with Gasteiger partial charge < -0.3 is 10.4 Å². The van der Waals surface area contributed by atoms with E-state index in [0.717, 1.165) is 6.26 Å². The van der Waals surface area contributed by atoms with E-state index in [1.807, 2.05) is 0 Å². The van der Waals surface area contributed by atoms with Crippen molar-refractivity contribution in [2.24, 2.45) is 0 Å². The largest absolute Gasteiger partial charge is 0.506 e. The van der Waals surface area contributed by atoms with Crippen molar-refractivity contribution in [2.45, 2.75) is 4.90 Å². The maximum Gasteiger partial charge on any atom is 0.256 e. The van der Waals surface area contributed by atoms with Crippen LogP contribution in [0.1, 0.15) is 11.1 Å². The number of phenols is 1. The van der Waals surface area contributed by atoms with Gasteiger partial charge in [-0.3, -0.25) is 4.79 Å². The highest BCUT2D eigenvalue weighted by Gasteiger charge is 2.25. The van der Waals surface area contributed by atoms with Crippen LogP contribution in [0.5, 0.6) is 5.75 Å². The minimum absolute atomic E-state index is 0.0628. The number of halogens is 2. The number of benzene rings is 2. The maximum atomic E-state index is 12.2. The van der Waals surface area contributed by atoms with Crippen LogP contribution >= 0.6 is 31.9 Å². The molecule has 1 aliphatic rings. The van der Waals surface area contributed by atoms with E-state index >= 15 is 0 Å². The number of fused-ring (bicyclic) bond motifs is 1. The lowest BCUT2D eigenvalue weighted by atomic mass is 10.0. The average Bonchev–Trinajstić information content (AvgIpc) is 2.79. The van der Waals surface area contributed by atoms with Crippen molar-refractivity contribution in [3.8, 4) is 5.75 Å². The highest BCUT2D eigenvalue weighted by atomic mass is 79.9. The van der Waals surface area contributed by atoms with Crippen molar-refractivity contribution in [3.05, 3.63) is 50.4 Å². The van der Waals surface area contributed by atoms with Crippen LogP contribution in [-0.2, 0) is 14.6 Å². The first-order valence-corrected chi connectivity index (χ1v) is 10.2. The molecule has 0 bridgehead atoms. The molecule has 0 saturated carbocycles. The van der Waals surface area contributed by atoms with Gasteiger partial charge in [0, 0.05) is 23.1 Å². The summed E-state index contributed by atoms with van der Waals surface area (Å²) in [5.41, 5.74) is 2.13. The van der Waals surface area contributed by atoms with Crippen LogP contribution in [0.4, 0.5) is 5.69 Å². The quantitative estimate of drug-likeness (QED) is 0.651. The number of rotatable bonds is 2. The summed E-state index contributed by atoms with van der Waals surface area (Å²) in [5.74, 6) is -0.247. The van der Waals surface area contributed by atoms with Gasteiger partial charge in [0.15, 0.2) is 9.84 Å². The minimum Gasteiger partial charge on any atom is -0.506 e. The van der Waals surface area contributed by atoms with E-state index in [1.165, 1.54) is 12.1 Å². The Kier molecular flexibility index (Phi) is 4.31. The van der Waals surface area contributed by atoms with Gasteiger partial charge in [-0.15, -0.1) is 0 Å². The number of aromatic hydroxyl groups is 1. The standard InChI is InChI=1S/C16H11Br2NO4S/c1-24(22,23)9-2-3-14-10(7-9)11(16(21)19-14)4-8-5-12(17)15(20)13(18)6-8/h2-7,20H,1H3,(H,19,21). The molecule has 0 aromatic heterocycles. The molecular weight excluding hydrogens is 462 g/mol. The number of hydrogen-bond acceptors (Lipinski definition) is 4. The second kappa shape index (κ2) is 6.02. The Balaban J connectivity index is 2.16. The Labute approximate surface area is 155 Å². The third kappa shape index (κ3) is 3.13. The van der Waals surface area contributed by atoms with Crippen LogP contribution in [0.3, 0.4) is 0 Å². The number of phenolic OH excluding ortho intramolecular Hbond substituents is 1. The molecule has 5 nitrogen and oxygen atoms in total. The molecule has 24 heavy (non-hydrogen) atoms. The van der Waals surface area contributed by atoms with Crippen molar-refractivity contribution in [2.75, 3.05) is 11.6 Å². The van der Waals surface area contributed by atoms with E-state index in [2.05, 4.69) is 37.2 Å². The normalized spacial score (nSPS) is 15.5. The fourth-order valence-corrected chi connectivity index (χ4v) is 4.25. The van der Waals surface area contributed by atoms with Gasteiger partial charge in [-0.2, -0.15) is 0 Å². The predicted molar refractivity (Wildman–Crippen MR) is 99.6 cm³/mol. The van der Waals surface area contributed by atoms with Crippen LogP contribution in [0.15, 0.2) is 44.2 Å². The van der Waals surface area contributed by atoms with Gasteiger partial charge in [-0.1, -0.05) is 0 Å². The van der Waals surface area contributed by atoms with Crippen LogP contribution in [-0.4, -0.2) is 25.7 Å². The summed E-state index contributed by atoms with van der Waals surface area (Å²) in [4.78, 5) is 12.4. The summed E-state index contributed by atoms with van der Waals surface area (Å²) in [6.45, 7) is 0. The topological polar surface area (TPSA) is 83.5 Å². The van der Waals surface area contributed by atoms with E-state index in [-0.39, 0.29) is 16.6 Å². The molecule has 0 fully saturated rings. The molecule has 0 unspecified atom stereocenters. The van der Waals surface area contributed by atoms with Gasteiger partial charge in [0.05, 0.1) is 13.8 Å². The molecule has 124 valence electrons. The fraction of sp³-hybridized carbons (Fsp3) is 0.0625. The van der Waals surface area contributed by atoms with Crippen molar-refractivity contribution in [1.29, 1.82) is 0 Å². The van der Waals surface area contributed by atoms with Crippen molar-refractivity contribution >= 4 is 64.9 Å². The number of sulfone groups is 1. The van der Waals surface area contributed by atoms with Crippen molar-refractivity contribution < 1.29 is 18.3 Å². The molecule has 8 heteroatoms. The van der Waals surface area contributed by atoms with E-state index in [0.29, 0.717) is 31.3 Å². The van der Waals surface area contributed by atoms with E-state index in [4.69, 9.17) is 0 Å². The zero-order chi connectivity index (χ0) is 17.6. The molecule has 1 heterocycles. The Hall–Kier alpha value is -1.64. The Morgan fingerprint density at radius 3 is 2.33 bits per heavy atom. The van der Waals surface area contributed by atoms with Crippen LogP contribution < -0.4 is 5.32 Å². The van der Waals surface area contributed by atoms with Crippen LogP contribution in [0.25, 0.3) is 11.6 Å². The first-order valence-electron chi connectivity index (χ1n) is 6.72. The zero-order valence-electron chi connectivity index (χ0n) is 12.3. The maximum absolute atomic E-state index is 12.2. The molecule has 0 atom stereocenters. The van der Waals surface area contributed by atoms with Gasteiger partial charge in [0.25, 0.3) is 5.91 Å². The molecule has 0 radical (unpaired) electrons. The number of anilines is 1. The molecule has 2 aromatic carbocycles. The Bertz CT molecular complexity index is 990. The molecule has 1 amide bonds. The summed E-state index contributed by atoms with van der Waals surface area (Å²) in [6.07, 6.45) is 2.76. The number of carbonyl (C=O) groups is 1. The average molecular weight is 473 g/mol. The highest BCUT2D eigenvalue weighted by molar-refractivity contribution is 9.11. The third-order valence-corrected chi connectivity index (χ3v) is 5.87. The van der Waals surface area contributed by atoms with Gasteiger partial charge in [-0.25, -0.2) is 8.42 Å². The summed E-state index contributed by atoms with van der Waals surface area (Å²) in [6, 6.07) is 7.86.